The molecule has 1 aromatic carbocycles. The molecule has 1 amide bonds. The molecule has 2 N–H and O–H groups in total. The zero-order valence-electron chi connectivity index (χ0n) is 16.5. The average molecular weight is 420 g/mol. The Balaban J connectivity index is 1.36. The van der Waals surface area contributed by atoms with Crippen LogP contribution < -0.4 is 10.2 Å². The van der Waals surface area contributed by atoms with Crippen molar-refractivity contribution in [1.82, 2.24) is 25.1 Å². The van der Waals surface area contributed by atoms with Crippen LogP contribution in [0.25, 0.3) is 21.7 Å². The van der Waals surface area contributed by atoms with Crippen molar-refractivity contribution in [2.75, 3.05) is 36.4 Å². The molecule has 0 bridgehead atoms. The minimum atomic E-state index is 0.145. The highest BCUT2D eigenvalue weighted by molar-refractivity contribution is 7.13. The lowest BCUT2D eigenvalue weighted by atomic mass is 10.2. The maximum Gasteiger partial charge on any atom is 0.219 e. The summed E-state index contributed by atoms with van der Waals surface area (Å²) in [6.07, 6.45) is 1.71. The summed E-state index contributed by atoms with van der Waals surface area (Å²) in [5.41, 5.74) is 3.64. The molecule has 0 unspecified atom stereocenters. The monoisotopic (exact) mass is 419 g/mol. The number of amides is 1. The van der Waals surface area contributed by atoms with E-state index >= 15 is 0 Å². The highest BCUT2D eigenvalue weighted by Crippen LogP contribution is 2.29. The van der Waals surface area contributed by atoms with Gasteiger partial charge in [-0.3, -0.25) is 9.89 Å². The second-order valence-electron chi connectivity index (χ2n) is 7.17. The summed E-state index contributed by atoms with van der Waals surface area (Å²) in [4.78, 5) is 26.0. The van der Waals surface area contributed by atoms with Crippen molar-refractivity contribution >= 4 is 45.5 Å². The van der Waals surface area contributed by atoms with Gasteiger partial charge in [0.05, 0.1) is 11.1 Å². The number of H-pyrrole nitrogens is 1. The Bertz CT molecular complexity index is 1160. The third-order valence-corrected chi connectivity index (χ3v) is 6.13. The quantitative estimate of drug-likeness (QED) is 0.526. The molecular formula is C21H21N7OS. The van der Waals surface area contributed by atoms with Crippen LogP contribution in [0.1, 0.15) is 6.92 Å². The molecule has 5 rings (SSSR count). The number of carbonyl (C=O) groups excluding carboxylic acids is 1. The summed E-state index contributed by atoms with van der Waals surface area (Å²) in [6, 6.07) is 12.3. The summed E-state index contributed by atoms with van der Waals surface area (Å²) >= 11 is 1.61. The van der Waals surface area contributed by atoms with Crippen LogP contribution in [-0.4, -0.2) is 57.2 Å². The first-order valence-corrected chi connectivity index (χ1v) is 10.7. The standard InChI is InChI=1S/C21H21N7OS/c1-14(29)27-8-10-28(11-9-27)16-6-4-15(5-7-16)23-21-19-17(13-22-26-19)24-20(25-21)18-3-2-12-30-18/h2-7,12-13H,8-11H2,1H3,(H,22,26)(H,23,24,25). The summed E-state index contributed by atoms with van der Waals surface area (Å²) in [7, 11) is 0. The number of aromatic amines is 1. The van der Waals surface area contributed by atoms with Crippen molar-refractivity contribution in [2.45, 2.75) is 6.92 Å². The van der Waals surface area contributed by atoms with Crippen LogP contribution in [-0.2, 0) is 4.79 Å². The predicted molar refractivity (Wildman–Crippen MR) is 119 cm³/mol. The number of benzene rings is 1. The van der Waals surface area contributed by atoms with E-state index < -0.39 is 0 Å². The number of thiophene rings is 1. The fraction of sp³-hybridized carbons (Fsp3) is 0.238. The van der Waals surface area contributed by atoms with Gasteiger partial charge in [0.25, 0.3) is 0 Å². The first kappa shape index (κ1) is 18.6. The predicted octanol–water partition coefficient (Wildman–Crippen LogP) is 3.49. The van der Waals surface area contributed by atoms with Crippen LogP contribution in [0.2, 0.25) is 0 Å². The van der Waals surface area contributed by atoms with Gasteiger partial charge in [0, 0.05) is 44.5 Å². The molecule has 1 fully saturated rings. The van der Waals surface area contributed by atoms with Crippen LogP contribution in [0.4, 0.5) is 17.2 Å². The smallest absolute Gasteiger partial charge is 0.219 e. The highest BCUT2D eigenvalue weighted by Gasteiger charge is 2.19. The van der Waals surface area contributed by atoms with E-state index in [1.54, 1.807) is 24.5 Å². The van der Waals surface area contributed by atoms with Gasteiger partial charge < -0.3 is 15.1 Å². The first-order valence-electron chi connectivity index (χ1n) is 9.80. The van der Waals surface area contributed by atoms with Gasteiger partial charge in [0.15, 0.2) is 11.6 Å². The average Bonchev–Trinajstić information content (AvgIpc) is 3.46. The maximum atomic E-state index is 11.5. The summed E-state index contributed by atoms with van der Waals surface area (Å²) in [6.45, 7) is 4.84. The lowest BCUT2D eigenvalue weighted by Crippen LogP contribution is -2.48. The van der Waals surface area contributed by atoms with Crippen molar-refractivity contribution in [3.05, 3.63) is 48.0 Å². The van der Waals surface area contributed by atoms with E-state index in [1.165, 1.54) is 0 Å². The number of aromatic nitrogens is 4. The minimum absolute atomic E-state index is 0.145. The van der Waals surface area contributed by atoms with E-state index in [2.05, 4.69) is 37.5 Å². The van der Waals surface area contributed by atoms with Crippen molar-refractivity contribution in [3.63, 3.8) is 0 Å². The van der Waals surface area contributed by atoms with E-state index in [1.807, 2.05) is 34.5 Å². The lowest BCUT2D eigenvalue weighted by molar-refractivity contribution is -0.129. The molecule has 0 aliphatic carbocycles. The molecule has 4 heterocycles. The number of fused-ring (bicyclic) bond motifs is 1. The van der Waals surface area contributed by atoms with Crippen molar-refractivity contribution in [1.29, 1.82) is 0 Å². The second-order valence-corrected chi connectivity index (χ2v) is 8.12. The molecule has 0 saturated carbocycles. The Morgan fingerprint density at radius 2 is 1.90 bits per heavy atom. The van der Waals surface area contributed by atoms with Crippen LogP contribution >= 0.6 is 11.3 Å². The Labute approximate surface area is 177 Å². The Morgan fingerprint density at radius 1 is 1.10 bits per heavy atom. The lowest BCUT2D eigenvalue weighted by Gasteiger charge is -2.35. The van der Waals surface area contributed by atoms with Gasteiger partial charge in [0.1, 0.15) is 11.0 Å². The third kappa shape index (κ3) is 3.59. The minimum Gasteiger partial charge on any atom is -0.368 e. The fourth-order valence-electron chi connectivity index (χ4n) is 3.62. The van der Waals surface area contributed by atoms with E-state index in [4.69, 9.17) is 4.98 Å². The second kappa shape index (κ2) is 7.75. The number of anilines is 3. The molecule has 0 spiro atoms. The summed E-state index contributed by atoms with van der Waals surface area (Å²) in [5, 5.41) is 12.5. The normalized spacial score (nSPS) is 14.3. The zero-order valence-corrected chi connectivity index (χ0v) is 17.3. The number of carbonyl (C=O) groups is 1. The molecule has 8 nitrogen and oxygen atoms in total. The molecule has 1 aliphatic rings. The number of nitrogens with one attached hydrogen (secondary N) is 2. The van der Waals surface area contributed by atoms with E-state index in [0.29, 0.717) is 11.6 Å². The van der Waals surface area contributed by atoms with Crippen molar-refractivity contribution in [2.24, 2.45) is 0 Å². The fourth-order valence-corrected chi connectivity index (χ4v) is 4.28. The van der Waals surface area contributed by atoms with Crippen molar-refractivity contribution < 1.29 is 4.79 Å². The first-order chi connectivity index (χ1) is 14.7. The number of rotatable bonds is 4. The van der Waals surface area contributed by atoms with Gasteiger partial charge in [-0.25, -0.2) is 9.97 Å². The SMILES string of the molecule is CC(=O)N1CCN(c2ccc(Nc3nc(-c4cccs4)nc4cn[nH]c34)cc2)CC1. The summed E-state index contributed by atoms with van der Waals surface area (Å²) < 4.78 is 0. The maximum absolute atomic E-state index is 11.5. The Morgan fingerprint density at radius 3 is 2.60 bits per heavy atom. The molecule has 30 heavy (non-hydrogen) atoms. The Hall–Kier alpha value is -3.46. The number of nitrogens with zero attached hydrogens (tertiary/aromatic N) is 5. The van der Waals surface area contributed by atoms with Crippen LogP contribution in [0.5, 0.6) is 0 Å². The van der Waals surface area contributed by atoms with Gasteiger partial charge in [-0.1, -0.05) is 6.07 Å². The van der Waals surface area contributed by atoms with Gasteiger partial charge in [-0.2, -0.15) is 5.10 Å². The molecule has 1 saturated heterocycles. The topological polar surface area (TPSA) is 90.0 Å². The van der Waals surface area contributed by atoms with E-state index in [-0.39, 0.29) is 5.91 Å². The van der Waals surface area contributed by atoms with E-state index in [9.17, 15) is 4.79 Å². The summed E-state index contributed by atoms with van der Waals surface area (Å²) in [5.74, 6) is 1.52. The van der Waals surface area contributed by atoms with Crippen LogP contribution in [0.3, 0.4) is 0 Å². The zero-order chi connectivity index (χ0) is 20.5. The molecule has 4 aromatic rings. The van der Waals surface area contributed by atoms with Gasteiger partial charge in [-0.15, -0.1) is 11.3 Å². The van der Waals surface area contributed by atoms with Crippen LogP contribution in [0, 0.1) is 0 Å². The molecule has 9 heteroatoms. The number of piperazine rings is 1. The molecule has 3 aromatic heterocycles. The van der Waals surface area contributed by atoms with Gasteiger partial charge >= 0.3 is 0 Å². The molecule has 1 aliphatic heterocycles. The molecular weight excluding hydrogens is 398 g/mol. The van der Waals surface area contributed by atoms with Gasteiger partial charge in [-0.05, 0) is 35.7 Å². The Kier molecular flexibility index (Phi) is 4.80. The highest BCUT2D eigenvalue weighted by atomic mass is 32.1. The number of hydrogen-bond donors (Lipinski definition) is 2. The largest absolute Gasteiger partial charge is 0.368 e. The third-order valence-electron chi connectivity index (χ3n) is 5.26. The molecule has 0 radical (unpaired) electrons. The number of hydrogen-bond acceptors (Lipinski definition) is 7. The van der Waals surface area contributed by atoms with E-state index in [0.717, 1.165) is 53.5 Å². The molecule has 0 atom stereocenters. The van der Waals surface area contributed by atoms with Gasteiger partial charge in [0.2, 0.25) is 5.91 Å². The van der Waals surface area contributed by atoms with Crippen molar-refractivity contribution in [3.8, 4) is 10.7 Å². The van der Waals surface area contributed by atoms with Crippen LogP contribution in [0.15, 0.2) is 48.0 Å². The molecule has 152 valence electrons.